The number of nitrogens with zero attached hydrogens (tertiary/aromatic N) is 4. The quantitative estimate of drug-likeness (QED) is 0.285. The standard InChI is InChI=1S/C21H13ClF3N5O4/c1-11-6-18(21(23,24)25)29-19(26-11)10-17(28-29)20(31)27-13-7-14(30(32)33)9-16(8-13)34-15-4-2-12(22)3-5-15/h2-10H,1H3,(H,27,31). The number of carbonyl (C=O) groups is 1. The van der Waals surface area contributed by atoms with Gasteiger partial charge >= 0.3 is 6.18 Å². The SMILES string of the molecule is Cc1cc(C(F)(F)F)n2nc(C(=O)Nc3cc(Oc4ccc(Cl)cc4)cc([N+](=O)[O-])c3)cc2n1. The summed E-state index contributed by atoms with van der Waals surface area (Å²) in [5.74, 6) is -0.517. The van der Waals surface area contributed by atoms with Crippen LogP contribution in [0.5, 0.6) is 11.5 Å². The maximum atomic E-state index is 13.3. The van der Waals surface area contributed by atoms with E-state index in [1.165, 1.54) is 13.0 Å². The summed E-state index contributed by atoms with van der Waals surface area (Å²) in [7, 11) is 0. The lowest BCUT2D eigenvalue weighted by molar-refractivity contribution is -0.384. The Hall–Kier alpha value is -4.19. The number of hydrogen-bond acceptors (Lipinski definition) is 6. The number of aryl methyl sites for hydroxylation is 1. The fraction of sp³-hybridized carbons (Fsp3) is 0.0952. The van der Waals surface area contributed by atoms with Crippen molar-refractivity contribution in [3.8, 4) is 11.5 Å². The maximum Gasteiger partial charge on any atom is 0.433 e. The smallest absolute Gasteiger partial charge is 0.433 e. The Labute approximate surface area is 193 Å². The van der Waals surface area contributed by atoms with Crippen LogP contribution < -0.4 is 10.1 Å². The van der Waals surface area contributed by atoms with Gasteiger partial charge in [-0.15, -0.1) is 0 Å². The molecule has 9 nitrogen and oxygen atoms in total. The molecule has 0 unspecified atom stereocenters. The number of halogens is 4. The van der Waals surface area contributed by atoms with Gasteiger partial charge in [0.15, 0.2) is 11.3 Å². The summed E-state index contributed by atoms with van der Waals surface area (Å²) in [6, 6.07) is 11.6. The average molecular weight is 492 g/mol. The molecule has 0 saturated carbocycles. The zero-order valence-corrected chi connectivity index (χ0v) is 17.9. The molecule has 0 fully saturated rings. The van der Waals surface area contributed by atoms with E-state index < -0.39 is 22.7 Å². The molecule has 174 valence electrons. The summed E-state index contributed by atoms with van der Waals surface area (Å²) in [6.45, 7) is 1.38. The molecule has 0 bridgehead atoms. The number of benzene rings is 2. The summed E-state index contributed by atoms with van der Waals surface area (Å²) >= 11 is 5.83. The lowest BCUT2D eigenvalue weighted by Gasteiger charge is -2.09. The normalized spacial score (nSPS) is 11.4. The summed E-state index contributed by atoms with van der Waals surface area (Å²) < 4.78 is 46.2. The second kappa shape index (κ2) is 8.63. The molecule has 0 saturated heterocycles. The summed E-state index contributed by atoms with van der Waals surface area (Å²) in [5.41, 5.74) is -1.95. The van der Waals surface area contributed by atoms with Gasteiger partial charge in [-0.25, -0.2) is 9.50 Å². The van der Waals surface area contributed by atoms with E-state index in [1.54, 1.807) is 24.3 Å². The molecular weight excluding hydrogens is 479 g/mol. The molecule has 2 aromatic carbocycles. The first-order valence-corrected chi connectivity index (χ1v) is 9.86. The molecule has 4 rings (SSSR count). The number of carbonyl (C=O) groups excluding carboxylic acids is 1. The molecule has 2 aromatic heterocycles. The van der Waals surface area contributed by atoms with E-state index in [0.717, 1.165) is 24.3 Å². The lowest BCUT2D eigenvalue weighted by Crippen LogP contribution is -2.16. The van der Waals surface area contributed by atoms with Crippen LogP contribution >= 0.6 is 11.6 Å². The second-order valence-corrected chi connectivity index (χ2v) is 7.50. The number of alkyl halides is 3. The van der Waals surface area contributed by atoms with Crippen LogP contribution in [-0.2, 0) is 6.18 Å². The predicted molar refractivity (Wildman–Crippen MR) is 115 cm³/mol. The van der Waals surface area contributed by atoms with Gasteiger partial charge in [-0.05, 0) is 37.3 Å². The summed E-state index contributed by atoms with van der Waals surface area (Å²) in [6.07, 6.45) is -4.72. The van der Waals surface area contributed by atoms with Gasteiger partial charge in [-0.3, -0.25) is 14.9 Å². The average Bonchev–Trinajstić information content (AvgIpc) is 3.18. The molecule has 2 heterocycles. The zero-order chi connectivity index (χ0) is 24.6. The van der Waals surface area contributed by atoms with Gasteiger partial charge in [0.1, 0.15) is 17.2 Å². The van der Waals surface area contributed by atoms with Crippen molar-refractivity contribution < 1.29 is 27.6 Å². The maximum absolute atomic E-state index is 13.3. The lowest BCUT2D eigenvalue weighted by atomic mass is 10.2. The fourth-order valence-electron chi connectivity index (χ4n) is 3.07. The highest BCUT2D eigenvalue weighted by Gasteiger charge is 2.35. The van der Waals surface area contributed by atoms with E-state index in [1.807, 2.05) is 0 Å². The third-order valence-electron chi connectivity index (χ3n) is 4.49. The molecule has 0 spiro atoms. The largest absolute Gasteiger partial charge is 0.457 e. The predicted octanol–water partition coefficient (Wildman–Crippen LogP) is 5.66. The molecule has 1 N–H and O–H groups in total. The molecule has 13 heteroatoms. The number of ether oxygens (including phenoxy) is 1. The molecule has 0 radical (unpaired) electrons. The zero-order valence-electron chi connectivity index (χ0n) is 17.1. The number of fused-ring (bicyclic) bond motifs is 1. The van der Waals surface area contributed by atoms with Crippen molar-refractivity contribution in [1.82, 2.24) is 14.6 Å². The molecule has 4 aromatic rings. The number of nitrogens with one attached hydrogen (secondary N) is 1. The highest BCUT2D eigenvalue weighted by atomic mass is 35.5. The first-order chi connectivity index (χ1) is 16.0. The van der Waals surface area contributed by atoms with E-state index in [9.17, 15) is 28.1 Å². The van der Waals surface area contributed by atoms with Gasteiger partial charge in [-0.1, -0.05) is 11.6 Å². The van der Waals surface area contributed by atoms with Gasteiger partial charge in [-0.2, -0.15) is 18.3 Å². The van der Waals surface area contributed by atoms with Crippen molar-refractivity contribution in [1.29, 1.82) is 0 Å². The Morgan fingerprint density at radius 2 is 1.82 bits per heavy atom. The first kappa shape index (κ1) is 23.0. The molecule has 0 atom stereocenters. The van der Waals surface area contributed by atoms with Gasteiger partial charge < -0.3 is 10.1 Å². The van der Waals surface area contributed by atoms with Crippen molar-refractivity contribution in [3.05, 3.63) is 86.8 Å². The van der Waals surface area contributed by atoms with E-state index in [-0.39, 0.29) is 34.2 Å². The minimum atomic E-state index is -4.72. The van der Waals surface area contributed by atoms with Crippen LogP contribution in [-0.4, -0.2) is 25.4 Å². The minimum absolute atomic E-state index is 0.0274. The Morgan fingerprint density at radius 3 is 2.47 bits per heavy atom. The first-order valence-electron chi connectivity index (χ1n) is 9.48. The van der Waals surface area contributed by atoms with E-state index in [2.05, 4.69) is 15.4 Å². The van der Waals surface area contributed by atoms with Crippen molar-refractivity contribution >= 4 is 34.5 Å². The van der Waals surface area contributed by atoms with Crippen LogP contribution in [0.15, 0.2) is 54.6 Å². The highest BCUT2D eigenvalue weighted by Crippen LogP contribution is 2.32. The van der Waals surface area contributed by atoms with Crippen molar-refractivity contribution in [2.75, 3.05) is 5.32 Å². The van der Waals surface area contributed by atoms with Crippen LogP contribution in [0.3, 0.4) is 0 Å². The summed E-state index contributed by atoms with van der Waals surface area (Å²) in [4.78, 5) is 27.3. The third-order valence-corrected chi connectivity index (χ3v) is 4.74. The van der Waals surface area contributed by atoms with E-state index in [0.29, 0.717) is 15.3 Å². The second-order valence-electron chi connectivity index (χ2n) is 7.06. The summed E-state index contributed by atoms with van der Waals surface area (Å²) in [5, 5.41) is 17.9. The number of non-ortho nitro benzene ring substituents is 1. The van der Waals surface area contributed by atoms with Crippen molar-refractivity contribution in [3.63, 3.8) is 0 Å². The van der Waals surface area contributed by atoms with Gasteiger partial charge in [0.05, 0.1) is 16.7 Å². The van der Waals surface area contributed by atoms with E-state index >= 15 is 0 Å². The Kier molecular flexibility index (Phi) is 5.83. The number of nitro groups is 1. The number of rotatable bonds is 5. The van der Waals surface area contributed by atoms with Crippen molar-refractivity contribution in [2.45, 2.75) is 13.1 Å². The number of anilines is 1. The van der Waals surface area contributed by atoms with Crippen molar-refractivity contribution in [2.24, 2.45) is 0 Å². The highest BCUT2D eigenvalue weighted by molar-refractivity contribution is 6.30. The number of hydrogen-bond donors (Lipinski definition) is 1. The monoisotopic (exact) mass is 491 g/mol. The topological polar surface area (TPSA) is 112 Å². The van der Waals surface area contributed by atoms with Gasteiger partial charge in [0, 0.05) is 28.9 Å². The number of amides is 1. The third kappa shape index (κ3) is 4.91. The number of aromatic nitrogens is 3. The molecule has 0 aliphatic heterocycles. The van der Waals surface area contributed by atoms with E-state index in [4.69, 9.17) is 16.3 Å². The van der Waals surface area contributed by atoms with Crippen LogP contribution in [0.4, 0.5) is 24.5 Å². The molecule has 0 aliphatic rings. The molecule has 1 amide bonds. The molecule has 34 heavy (non-hydrogen) atoms. The Morgan fingerprint density at radius 1 is 1.12 bits per heavy atom. The Balaban J connectivity index is 1.66. The van der Waals surface area contributed by atoms with Gasteiger partial charge in [0.2, 0.25) is 0 Å². The molecule has 0 aliphatic carbocycles. The molecular formula is C21H13ClF3N5O4. The minimum Gasteiger partial charge on any atom is -0.457 e. The van der Waals surface area contributed by atoms with Crippen LogP contribution in [0.25, 0.3) is 5.65 Å². The van der Waals surface area contributed by atoms with Crippen LogP contribution in [0.1, 0.15) is 21.9 Å². The number of nitro benzene ring substituents is 1. The fourth-order valence-corrected chi connectivity index (χ4v) is 3.19. The van der Waals surface area contributed by atoms with Crippen LogP contribution in [0, 0.1) is 17.0 Å². The van der Waals surface area contributed by atoms with Gasteiger partial charge in [0.25, 0.3) is 11.6 Å². The van der Waals surface area contributed by atoms with Crippen LogP contribution in [0.2, 0.25) is 5.02 Å². The Bertz CT molecular complexity index is 1420.